The first-order valence-corrected chi connectivity index (χ1v) is 11.4. The van der Waals surface area contributed by atoms with Crippen LogP contribution in [0.15, 0.2) is 18.3 Å². The van der Waals surface area contributed by atoms with E-state index in [9.17, 15) is 31.1 Å². The molecule has 0 aliphatic rings. The molecule has 200 valence electrons. The quantitative estimate of drug-likeness (QED) is 0.349. The molecule has 0 aliphatic carbocycles. The number of pyridine rings is 1. The largest absolute Gasteiger partial charge is 0.478 e. The number of Topliss-reactive ketones (excluding diaryl/α,β-unsaturated/α-hetero) is 1. The topological polar surface area (TPSA) is 82.8 Å². The van der Waals surface area contributed by atoms with Gasteiger partial charge in [0, 0.05) is 31.6 Å². The second-order valence-electron chi connectivity index (χ2n) is 8.38. The van der Waals surface area contributed by atoms with Crippen molar-refractivity contribution in [3.8, 4) is 17.1 Å². The Kier molecular flexibility index (Phi) is 8.23. The number of nitrogens with zero attached hydrogens (tertiary/aromatic N) is 5. The summed E-state index contributed by atoms with van der Waals surface area (Å²) in [5, 5.41) is 11.4. The van der Waals surface area contributed by atoms with Crippen molar-refractivity contribution in [2.24, 2.45) is 7.05 Å². The fourth-order valence-corrected chi connectivity index (χ4v) is 3.90. The van der Waals surface area contributed by atoms with E-state index < -0.39 is 23.7 Å². The maximum absolute atomic E-state index is 13.3. The van der Waals surface area contributed by atoms with Gasteiger partial charge in [-0.3, -0.25) is 9.48 Å². The zero-order chi connectivity index (χ0) is 27.5. The summed E-state index contributed by atoms with van der Waals surface area (Å²) in [6.45, 7) is 5.04. The van der Waals surface area contributed by atoms with Gasteiger partial charge in [0.2, 0.25) is 5.88 Å². The molecule has 0 bridgehead atoms. The van der Waals surface area contributed by atoms with Crippen LogP contribution in [0.4, 0.5) is 26.3 Å². The van der Waals surface area contributed by atoms with Gasteiger partial charge in [-0.25, -0.2) is 4.98 Å². The number of aryl methyl sites for hydroxylation is 3. The molecule has 3 aromatic rings. The zero-order valence-corrected chi connectivity index (χ0v) is 20.6. The summed E-state index contributed by atoms with van der Waals surface area (Å²) in [7, 11) is 1.36. The van der Waals surface area contributed by atoms with E-state index >= 15 is 0 Å². The van der Waals surface area contributed by atoms with Gasteiger partial charge in [0.1, 0.15) is 11.5 Å². The molecular formula is C24H25F6N5O2. The molecule has 0 fully saturated rings. The van der Waals surface area contributed by atoms with Gasteiger partial charge in [0.25, 0.3) is 0 Å². The SMILES string of the molecule is CCOc1nc(C(F)(F)F)cc(CC(=O)CCc2cc(C)c(-c3cn(C)nc3C(F)(F)F)nn2)c1CC. The second kappa shape index (κ2) is 10.9. The highest BCUT2D eigenvalue weighted by atomic mass is 19.4. The Hall–Kier alpha value is -3.51. The first kappa shape index (κ1) is 28.1. The van der Waals surface area contributed by atoms with E-state index in [1.54, 1.807) is 20.8 Å². The molecule has 0 aromatic carbocycles. The summed E-state index contributed by atoms with van der Waals surface area (Å²) in [6.07, 6.45) is -8.05. The lowest BCUT2D eigenvalue weighted by Gasteiger charge is -2.16. The van der Waals surface area contributed by atoms with Crippen molar-refractivity contribution in [2.75, 3.05) is 6.61 Å². The fourth-order valence-electron chi connectivity index (χ4n) is 3.90. The van der Waals surface area contributed by atoms with Crippen molar-refractivity contribution in [1.82, 2.24) is 25.0 Å². The van der Waals surface area contributed by atoms with Crippen LogP contribution in [0.25, 0.3) is 11.3 Å². The van der Waals surface area contributed by atoms with Gasteiger partial charge in [0.15, 0.2) is 5.69 Å². The summed E-state index contributed by atoms with van der Waals surface area (Å²) in [5.41, 5.74) is -1.02. The first-order valence-electron chi connectivity index (χ1n) is 11.4. The predicted molar refractivity (Wildman–Crippen MR) is 121 cm³/mol. The molecule has 0 spiro atoms. The van der Waals surface area contributed by atoms with Crippen molar-refractivity contribution in [3.63, 3.8) is 0 Å². The lowest BCUT2D eigenvalue weighted by Crippen LogP contribution is -2.15. The number of ether oxygens (including phenoxy) is 1. The van der Waals surface area contributed by atoms with Crippen molar-refractivity contribution < 1.29 is 35.9 Å². The lowest BCUT2D eigenvalue weighted by atomic mass is 9.98. The molecule has 3 heterocycles. The third-order valence-electron chi connectivity index (χ3n) is 5.54. The van der Waals surface area contributed by atoms with Gasteiger partial charge in [-0.1, -0.05) is 6.92 Å². The number of hydrogen-bond donors (Lipinski definition) is 0. The standard InChI is InChI=1S/C24H25F6N5O2/c1-5-17-14(11-19(23(25,26)27)31-22(17)37-6-2)10-16(36)8-7-15-9-13(3)20(33-32-15)18-12-35(4)34-21(18)24(28,29)30/h9,11-12H,5-8,10H2,1-4H3. The molecule has 3 rings (SSSR count). The van der Waals surface area contributed by atoms with E-state index in [4.69, 9.17) is 4.74 Å². The van der Waals surface area contributed by atoms with Crippen molar-refractivity contribution >= 4 is 5.78 Å². The molecule has 0 unspecified atom stereocenters. The monoisotopic (exact) mass is 529 g/mol. The molecule has 37 heavy (non-hydrogen) atoms. The van der Waals surface area contributed by atoms with E-state index in [2.05, 4.69) is 20.3 Å². The number of hydrogen-bond acceptors (Lipinski definition) is 6. The third kappa shape index (κ3) is 6.63. The fraction of sp³-hybridized carbons (Fsp3) is 0.458. The Bertz CT molecular complexity index is 1280. The Morgan fingerprint density at radius 3 is 2.32 bits per heavy atom. The van der Waals surface area contributed by atoms with Gasteiger partial charge in [-0.15, -0.1) is 5.10 Å². The molecule has 0 aliphatic heterocycles. The first-order chi connectivity index (χ1) is 17.2. The van der Waals surface area contributed by atoms with Crippen LogP contribution < -0.4 is 4.74 Å². The Morgan fingerprint density at radius 1 is 1.05 bits per heavy atom. The van der Waals surface area contributed by atoms with Crippen molar-refractivity contribution in [3.05, 3.63) is 52.1 Å². The van der Waals surface area contributed by atoms with Crippen molar-refractivity contribution in [1.29, 1.82) is 0 Å². The van der Waals surface area contributed by atoms with Crippen LogP contribution >= 0.6 is 0 Å². The molecule has 7 nitrogen and oxygen atoms in total. The zero-order valence-electron chi connectivity index (χ0n) is 20.6. The molecular weight excluding hydrogens is 504 g/mol. The van der Waals surface area contributed by atoms with Gasteiger partial charge >= 0.3 is 12.4 Å². The Labute approximate surface area is 208 Å². The number of alkyl halides is 6. The molecule has 13 heteroatoms. The van der Waals surface area contributed by atoms with Gasteiger partial charge in [-0.05, 0) is 49.9 Å². The summed E-state index contributed by atoms with van der Waals surface area (Å²) < 4.78 is 86.3. The summed E-state index contributed by atoms with van der Waals surface area (Å²) >= 11 is 0. The number of rotatable bonds is 9. The van der Waals surface area contributed by atoms with E-state index in [1.807, 2.05) is 0 Å². The predicted octanol–water partition coefficient (Wildman–Crippen LogP) is 5.32. The Balaban J connectivity index is 1.78. The number of ketones is 1. The normalized spacial score (nSPS) is 12.2. The highest BCUT2D eigenvalue weighted by Crippen LogP contribution is 2.36. The maximum atomic E-state index is 13.3. The molecule has 0 amide bonds. The summed E-state index contributed by atoms with van der Waals surface area (Å²) in [4.78, 5) is 16.3. The van der Waals surface area contributed by atoms with Crippen LogP contribution in [0.5, 0.6) is 5.88 Å². The molecule has 3 aromatic heterocycles. The number of aromatic nitrogens is 5. The molecule has 0 saturated heterocycles. The number of carbonyl (C=O) groups is 1. The van der Waals surface area contributed by atoms with Crippen molar-refractivity contribution in [2.45, 2.75) is 58.8 Å². The van der Waals surface area contributed by atoms with Crippen LogP contribution in [0, 0.1) is 6.92 Å². The minimum absolute atomic E-state index is 0.0167. The summed E-state index contributed by atoms with van der Waals surface area (Å²) in [5.74, 6) is -0.486. The Morgan fingerprint density at radius 2 is 1.76 bits per heavy atom. The smallest absolute Gasteiger partial charge is 0.435 e. The third-order valence-corrected chi connectivity index (χ3v) is 5.54. The van der Waals surface area contributed by atoms with E-state index in [0.29, 0.717) is 23.2 Å². The van der Waals surface area contributed by atoms with Crippen LogP contribution in [0.2, 0.25) is 0 Å². The van der Waals surface area contributed by atoms with E-state index in [1.165, 1.54) is 19.3 Å². The van der Waals surface area contributed by atoms with Crippen LogP contribution in [-0.4, -0.2) is 37.4 Å². The lowest BCUT2D eigenvalue weighted by molar-refractivity contribution is -0.142. The van der Waals surface area contributed by atoms with Crippen LogP contribution in [-0.2, 0) is 43.5 Å². The average Bonchev–Trinajstić information content (AvgIpc) is 3.19. The minimum atomic E-state index is -4.70. The number of halogens is 6. The van der Waals surface area contributed by atoms with Crippen LogP contribution in [0.1, 0.15) is 54.0 Å². The van der Waals surface area contributed by atoms with Gasteiger partial charge in [-0.2, -0.15) is 36.5 Å². The maximum Gasteiger partial charge on any atom is 0.435 e. The highest BCUT2D eigenvalue weighted by molar-refractivity contribution is 5.81. The molecule has 0 radical (unpaired) electrons. The van der Waals surface area contributed by atoms with Gasteiger partial charge < -0.3 is 4.74 Å². The minimum Gasteiger partial charge on any atom is -0.478 e. The molecule has 0 N–H and O–H groups in total. The highest BCUT2D eigenvalue weighted by Gasteiger charge is 2.38. The molecule has 0 atom stereocenters. The van der Waals surface area contributed by atoms with E-state index in [-0.39, 0.29) is 54.4 Å². The summed E-state index contributed by atoms with van der Waals surface area (Å²) in [6, 6.07) is 2.39. The van der Waals surface area contributed by atoms with E-state index in [0.717, 1.165) is 10.7 Å². The average molecular weight is 529 g/mol. The van der Waals surface area contributed by atoms with Crippen LogP contribution in [0.3, 0.4) is 0 Å². The van der Waals surface area contributed by atoms with Gasteiger partial charge in [0.05, 0.1) is 23.6 Å². The number of carbonyl (C=O) groups excluding carboxylic acids is 1. The second-order valence-corrected chi connectivity index (χ2v) is 8.38. The molecule has 0 saturated carbocycles.